The minimum Gasteiger partial charge on any atom is -0.493 e. The van der Waals surface area contributed by atoms with Gasteiger partial charge in [0.05, 0.1) is 13.0 Å². The molecule has 2 heterocycles. The minimum atomic E-state index is 0.143. The van der Waals surface area contributed by atoms with Crippen molar-refractivity contribution >= 4 is 11.7 Å². The Bertz CT molecular complexity index is 670. The van der Waals surface area contributed by atoms with E-state index in [1.54, 1.807) is 6.33 Å². The van der Waals surface area contributed by atoms with Crippen molar-refractivity contribution in [1.29, 1.82) is 0 Å². The van der Waals surface area contributed by atoms with Gasteiger partial charge in [0.15, 0.2) is 0 Å². The van der Waals surface area contributed by atoms with Gasteiger partial charge in [0, 0.05) is 37.9 Å². The third-order valence-electron chi connectivity index (χ3n) is 4.07. The highest BCUT2D eigenvalue weighted by Crippen LogP contribution is 2.14. The number of nitrogens with zero attached hydrogens (tertiary/aromatic N) is 4. The number of piperazine rings is 1. The van der Waals surface area contributed by atoms with Crippen molar-refractivity contribution in [2.75, 3.05) is 37.7 Å². The van der Waals surface area contributed by atoms with Crippen molar-refractivity contribution < 1.29 is 9.53 Å². The maximum atomic E-state index is 12.3. The molecule has 1 aromatic heterocycles. The second-order valence-corrected chi connectivity index (χ2v) is 5.80. The smallest absolute Gasteiger partial charge is 0.226 e. The molecule has 6 heteroatoms. The average Bonchev–Trinajstić information content (AvgIpc) is 2.63. The van der Waals surface area contributed by atoms with E-state index in [0.717, 1.165) is 30.4 Å². The molecule has 0 spiro atoms. The number of benzene rings is 1. The number of aryl methyl sites for hydroxylation is 1. The zero-order valence-electron chi connectivity index (χ0n) is 13.9. The molecule has 2 aromatic rings. The van der Waals surface area contributed by atoms with E-state index in [0.29, 0.717) is 26.1 Å². The van der Waals surface area contributed by atoms with Crippen molar-refractivity contribution in [2.24, 2.45) is 0 Å². The van der Waals surface area contributed by atoms with E-state index in [2.05, 4.69) is 14.9 Å². The van der Waals surface area contributed by atoms with Crippen LogP contribution in [0.15, 0.2) is 42.7 Å². The van der Waals surface area contributed by atoms with Gasteiger partial charge >= 0.3 is 0 Å². The number of carbonyl (C=O) groups excluding carboxylic acids is 1. The predicted octanol–water partition coefficient (Wildman–Crippen LogP) is 1.90. The van der Waals surface area contributed by atoms with Gasteiger partial charge in [-0.25, -0.2) is 9.97 Å². The van der Waals surface area contributed by atoms with Crippen LogP contribution in [0.5, 0.6) is 5.75 Å². The molecular formula is C18H22N4O2. The van der Waals surface area contributed by atoms with E-state index in [1.807, 2.05) is 48.2 Å². The van der Waals surface area contributed by atoms with Crippen molar-refractivity contribution in [1.82, 2.24) is 14.9 Å². The summed E-state index contributed by atoms with van der Waals surface area (Å²) in [6, 6.07) is 11.6. The topological polar surface area (TPSA) is 58.6 Å². The molecule has 0 N–H and O–H groups in total. The van der Waals surface area contributed by atoms with Crippen molar-refractivity contribution in [3.05, 3.63) is 48.4 Å². The van der Waals surface area contributed by atoms with Crippen molar-refractivity contribution in [3.63, 3.8) is 0 Å². The Kier molecular flexibility index (Phi) is 5.25. The molecule has 0 atom stereocenters. The summed E-state index contributed by atoms with van der Waals surface area (Å²) < 4.78 is 5.60. The number of carbonyl (C=O) groups is 1. The van der Waals surface area contributed by atoms with Gasteiger partial charge in [0.25, 0.3) is 0 Å². The van der Waals surface area contributed by atoms with Crippen LogP contribution < -0.4 is 9.64 Å². The van der Waals surface area contributed by atoms with Gasteiger partial charge in [-0.15, -0.1) is 0 Å². The fraction of sp³-hybridized carbons (Fsp3) is 0.389. The van der Waals surface area contributed by atoms with Crippen LogP contribution in [-0.2, 0) is 4.79 Å². The van der Waals surface area contributed by atoms with E-state index >= 15 is 0 Å². The summed E-state index contributed by atoms with van der Waals surface area (Å²) >= 11 is 0. The molecule has 3 rings (SSSR count). The summed E-state index contributed by atoms with van der Waals surface area (Å²) in [7, 11) is 0. The molecule has 126 valence electrons. The zero-order chi connectivity index (χ0) is 16.8. The first kappa shape index (κ1) is 16.2. The summed E-state index contributed by atoms with van der Waals surface area (Å²) in [5.41, 5.74) is 0.955. The molecule has 1 aliphatic heterocycles. The molecule has 1 saturated heterocycles. The summed E-state index contributed by atoms with van der Waals surface area (Å²) in [6.07, 6.45) is 1.99. The molecule has 24 heavy (non-hydrogen) atoms. The monoisotopic (exact) mass is 326 g/mol. The number of hydrogen-bond donors (Lipinski definition) is 0. The van der Waals surface area contributed by atoms with E-state index in [-0.39, 0.29) is 5.91 Å². The Labute approximate surface area is 142 Å². The number of para-hydroxylation sites is 1. The molecule has 1 aliphatic rings. The van der Waals surface area contributed by atoms with Crippen LogP contribution in [0, 0.1) is 6.92 Å². The van der Waals surface area contributed by atoms with Crippen molar-refractivity contribution in [2.45, 2.75) is 13.3 Å². The van der Waals surface area contributed by atoms with Crippen LogP contribution >= 0.6 is 0 Å². The van der Waals surface area contributed by atoms with Crippen LogP contribution in [0.3, 0.4) is 0 Å². The van der Waals surface area contributed by atoms with Crippen LogP contribution in [0.1, 0.15) is 12.1 Å². The highest BCUT2D eigenvalue weighted by Gasteiger charge is 2.21. The fourth-order valence-electron chi connectivity index (χ4n) is 2.73. The Hall–Kier alpha value is -2.63. The number of hydrogen-bond acceptors (Lipinski definition) is 5. The zero-order valence-corrected chi connectivity index (χ0v) is 13.9. The summed E-state index contributed by atoms with van der Waals surface area (Å²) in [5.74, 6) is 1.88. The van der Waals surface area contributed by atoms with E-state index < -0.39 is 0 Å². The molecule has 6 nitrogen and oxygen atoms in total. The lowest BCUT2D eigenvalue weighted by molar-refractivity contribution is -0.132. The molecule has 1 aromatic carbocycles. The maximum absolute atomic E-state index is 12.3. The summed E-state index contributed by atoms with van der Waals surface area (Å²) in [4.78, 5) is 24.8. The van der Waals surface area contributed by atoms with E-state index in [9.17, 15) is 4.79 Å². The first-order valence-corrected chi connectivity index (χ1v) is 8.21. The van der Waals surface area contributed by atoms with Crippen LogP contribution in [0.25, 0.3) is 0 Å². The second kappa shape index (κ2) is 7.77. The molecule has 0 bridgehead atoms. The summed E-state index contributed by atoms with van der Waals surface area (Å²) in [6.45, 7) is 5.38. The predicted molar refractivity (Wildman–Crippen MR) is 92.1 cm³/mol. The Morgan fingerprint density at radius 1 is 1.12 bits per heavy atom. The highest BCUT2D eigenvalue weighted by atomic mass is 16.5. The quantitative estimate of drug-likeness (QED) is 0.840. The fourth-order valence-corrected chi connectivity index (χ4v) is 2.73. The molecule has 0 unspecified atom stereocenters. The average molecular weight is 326 g/mol. The van der Waals surface area contributed by atoms with Gasteiger partial charge in [-0.05, 0) is 19.1 Å². The third-order valence-corrected chi connectivity index (χ3v) is 4.07. The first-order chi connectivity index (χ1) is 11.7. The standard InChI is InChI=1S/C18H22N4O2/c1-15-13-17(20-14-19-15)21-8-10-22(11-9-21)18(23)7-12-24-16-5-3-2-4-6-16/h2-6,13-14H,7-12H2,1H3. The van der Waals surface area contributed by atoms with Gasteiger partial charge < -0.3 is 14.5 Å². The first-order valence-electron chi connectivity index (χ1n) is 8.21. The molecule has 0 aliphatic carbocycles. The third kappa shape index (κ3) is 4.22. The maximum Gasteiger partial charge on any atom is 0.226 e. The van der Waals surface area contributed by atoms with Gasteiger partial charge in [-0.2, -0.15) is 0 Å². The normalized spacial score (nSPS) is 14.5. The lowest BCUT2D eigenvalue weighted by Crippen LogP contribution is -2.49. The second-order valence-electron chi connectivity index (χ2n) is 5.80. The lowest BCUT2D eigenvalue weighted by atomic mass is 10.2. The number of ether oxygens (including phenoxy) is 1. The number of aromatic nitrogens is 2. The highest BCUT2D eigenvalue weighted by molar-refractivity contribution is 5.76. The van der Waals surface area contributed by atoms with E-state index in [4.69, 9.17) is 4.74 Å². The van der Waals surface area contributed by atoms with Gasteiger partial charge in [-0.3, -0.25) is 4.79 Å². The minimum absolute atomic E-state index is 0.143. The Morgan fingerprint density at radius 3 is 2.58 bits per heavy atom. The van der Waals surface area contributed by atoms with Gasteiger partial charge in [0.1, 0.15) is 17.9 Å². The SMILES string of the molecule is Cc1cc(N2CCN(C(=O)CCOc3ccccc3)CC2)ncn1. The molecule has 1 amide bonds. The van der Waals surface area contributed by atoms with Crippen LogP contribution in [0.2, 0.25) is 0 Å². The molecule has 1 fully saturated rings. The van der Waals surface area contributed by atoms with Crippen LogP contribution in [-0.4, -0.2) is 53.6 Å². The number of amides is 1. The largest absolute Gasteiger partial charge is 0.493 e. The number of rotatable bonds is 5. The molecule has 0 radical (unpaired) electrons. The summed E-state index contributed by atoms with van der Waals surface area (Å²) in [5, 5.41) is 0. The van der Waals surface area contributed by atoms with Gasteiger partial charge in [0.2, 0.25) is 5.91 Å². The van der Waals surface area contributed by atoms with Gasteiger partial charge in [-0.1, -0.05) is 18.2 Å². The van der Waals surface area contributed by atoms with Crippen LogP contribution in [0.4, 0.5) is 5.82 Å². The van der Waals surface area contributed by atoms with Crippen molar-refractivity contribution in [3.8, 4) is 5.75 Å². The number of anilines is 1. The van der Waals surface area contributed by atoms with E-state index in [1.165, 1.54) is 0 Å². The Morgan fingerprint density at radius 2 is 1.88 bits per heavy atom. The molecular weight excluding hydrogens is 304 g/mol. The lowest BCUT2D eigenvalue weighted by Gasteiger charge is -2.35. The molecule has 0 saturated carbocycles. The Balaban J connectivity index is 1.43.